The minimum Gasteiger partial charge on any atom is -0.492 e. The van der Waals surface area contributed by atoms with E-state index in [0.29, 0.717) is 30.3 Å². The van der Waals surface area contributed by atoms with Crippen LogP contribution in [0.25, 0.3) is 0 Å². The van der Waals surface area contributed by atoms with Crippen molar-refractivity contribution in [1.29, 1.82) is 0 Å². The molecule has 0 heterocycles. The molecule has 140 valence electrons. The molecule has 26 heavy (non-hydrogen) atoms. The molecule has 0 atom stereocenters. The highest BCUT2D eigenvalue weighted by atomic mass is 79.9. The first-order valence-corrected chi connectivity index (χ1v) is 10.1. The molecule has 0 aromatic heterocycles. The van der Waals surface area contributed by atoms with Gasteiger partial charge >= 0.3 is 6.03 Å². The van der Waals surface area contributed by atoms with Gasteiger partial charge in [-0.05, 0) is 42.8 Å². The predicted molar refractivity (Wildman–Crippen MR) is 103 cm³/mol. The van der Waals surface area contributed by atoms with E-state index in [-0.39, 0.29) is 10.6 Å². The fraction of sp³-hybridized carbons (Fsp3) is 0.188. The maximum Gasteiger partial charge on any atom is 0.319 e. The van der Waals surface area contributed by atoms with Crippen LogP contribution in [0.1, 0.15) is 6.42 Å². The van der Waals surface area contributed by atoms with E-state index in [1.54, 1.807) is 12.1 Å². The lowest BCUT2D eigenvalue weighted by atomic mass is 10.3. The number of hydrogen-bond acceptors (Lipinski definition) is 4. The molecule has 2 amide bonds. The molecule has 7 nitrogen and oxygen atoms in total. The molecule has 0 saturated heterocycles. The first-order valence-electron chi connectivity index (χ1n) is 7.46. The van der Waals surface area contributed by atoms with E-state index in [0.717, 1.165) is 10.5 Å². The molecule has 3 N–H and O–H groups in total. The SMILES string of the molecule is O=C(NCCCOc1ccc(Br)cc1Cl)Nc1cccc(S(=O)(=O)O)c1. The van der Waals surface area contributed by atoms with Crippen LogP contribution in [-0.4, -0.2) is 32.2 Å². The summed E-state index contributed by atoms with van der Waals surface area (Å²) in [4.78, 5) is 11.5. The van der Waals surface area contributed by atoms with Crippen LogP contribution in [-0.2, 0) is 10.1 Å². The Hall–Kier alpha value is -1.81. The normalized spacial score (nSPS) is 11.0. The van der Waals surface area contributed by atoms with Crippen molar-refractivity contribution in [1.82, 2.24) is 5.32 Å². The largest absolute Gasteiger partial charge is 0.492 e. The van der Waals surface area contributed by atoms with Crippen LogP contribution in [0.4, 0.5) is 10.5 Å². The Morgan fingerprint density at radius 2 is 2.00 bits per heavy atom. The number of carbonyl (C=O) groups excluding carboxylic acids is 1. The van der Waals surface area contributed by atoms with Gasteiger partial charge in [-0.1, -0.05) is 33.6 Å². The number of carbonyl (C=O) groups is 1. The fourth-order valence-corrected chi connectivity index (χ4v) is 3.21. The number of ether oxygens (including phenoxy) is 1. The number of nitrogens with one attached hydrogen (secondary N) is 2. The summed E-state index contributed by atoms with van der Waals surface area (Å²) in [5, 5.41) is 5.59. The summed E-state index contributed by atoms with van der Waals surface area (Å²) < 4.78 is 37.5. The third kappa shape index (κ3) is 6.49. The van der Waals surface area contributed by atoms with E-state index >= 15 is 0 Å². The molecule has 0 aliphatic carbocycles. The highest BCUT2D eigenvalue weighted by Gasteiger charge is 2.10. The first kappa shape index (κ1) is 20.5. The van der Waals surface area contributed by atoms with Crippen LogP contribution in [0, 0.1) is 0 Å². The summed E-state index contributed by atoms with van der Waals surface area (Å²) in [6.07, 6.45) is 0.546. The van der Waals surface area contributed by atoms with Crippen LogP contribution in [0.15, 0.2) is 51.8 Å². The molecule has 2 rings (SSSR count). The van der Waals surface area contributed by atoms with Gasteiger partial charge in [0.2, 0.25) is 0 Å². The van der Waals surface area contributed by atoms with Gasteiger partial charge in [0.15, 0.2) is 0 Å². The van der Waals surface area contributed by atoms with E-state index in [2.05, 4.69) is 26.6 Å². The zero-order valence-electron chi connectivity index (χ0n) is 13.4. The molecular formula is C16H16BrClN2O5S. The smallest absolute Gasteiger partial charge is 0.319 e. The lowest BCUT2D eigenvalue weighted by Gasteiger charge is -2.10. The average molecular weight is 464 g/mol. The third-order valence-electron chi connectivity index (χ3n) is 3.15. The monoisotopic (exact) mass is 462 g/mol. The van der Waals surface area contributed by atoms with Crippen molar-refractivity contribution >= 4 is 49.4 Å². The minimum absolute atomic E-state index is 0.246. The van der Waals surface area contributed by atoms with Crippen molar-refractivity contribution in [2.24, 2.45) is 0 Å². The highest BCUT2D eigenvalue weighted by Crippen LogP contribution is 2.27. The van der Waals surface area contributed by atoms with Gasteiger partial charge in [0.25, 0.3) is 10.1 Å². The first-order chi connectivity index (χ1) is 12.3. The zero-order chi connectivity index (χ0) is 19.2. The van der Waals surface area contributed by atoms with Crippen molar-refractivity contribution in [3.8, 4) is 5.75 Å². The molecule has 0 aliphatic heterocycles. The lowest BCUT2D eigenvalue weighted by molar-refractivity contribution is 0.250. The maximum absolute atomic E-state index is 11.8. The van der Waals surface area contributed by atoms with E-state index in [4.69, 9.17) is 20.9 Å². The summed E-state index contributed by atoms with van der Waals surface area (Å²) in [6.45, 7) is 0.706. The molecule has 0 saturated carbocycles. The maximum atomic E-state index is 11.8. The van der Waals surface area contributed by atoms with E-state index in [9.17, 15) is 13.2 Å². The molecule has 2 aromatic carbocycles. The summed E-state index contributed by atoms with van der Waals surface area (Å²) in [6, 6.07) is 10.1. The number of urea groups is 1. The quantitative estimate of drug-likeness (QED) is 0.426. The van der Waals surface area contributed by atoms with Gasteiger partial charge in [0, 0.05) is 16.7 Å². The number of amides is 2. The van der Waals surface area contributed by atoms with Crippen molar-refractivity contribution in [3.63, 3.8) is 0 Å². The van der Waals surface area contributed by atoms with Gasteiger partial charge in [-0.15, -0.1) is 0 Å². The molecule has 0 aliphatic rings. The number of hydrogen-bond donors (Lipinski definition) is 3. The Bertz CT molecular complexity index is 892. The second-order valence-electron chi connectivity index (χ2n) is 5.16. The number of rotatable bonds is 7. The van der Waals surface area contributed by atoms with Gasteiger partial charge < -0.3 is 15.4 Å². The second-order valence-corrected chi connectivity index (χ2v) is 7.90. The number of anilines is 1. The van der Waals surface area contributed by atoms with Crippen LogP contribution < -0.4 is 15.4 Å². The highest BCUT2D eigenvalue weighted by molar-refractivity contribution is 9.10. The Labute approximate surface area is 164 Å². The Morgan fingerprint density at radius 1 is 1.23 bits per heavy atom. The minimum atomic E-state index is -4.32. The summed E-state index contributed by atoms with van der Waals surface area (Å²) in [5.41, 5.74) is 0.246. The summed E-state index contributed by atoms with van der Waals surface area (Å²) >= 11 is 9.34. The van der Waals surface area contributed by atoms with Crippen LogP contribution in [0.5, 0.6) is 5.75 Å². The van der Waals surface area contributed by atoms with Crippen molar-refractivity contribution in [3.05, 3.63) is 52.0 Å². The van der Waals surface area contributed by atoms with Gasteiger partial charge in [-0.2, -0.15) is 8.42 Å². The van der Waals surface area contributed by atoms with Gasteiger partial charge in [0.05, 0.1) is 16.5 Å². The van der Waals surface area contributed by atoms with E-state index < -0.39 is 16.1 Å². The molecule has 0 spiro atoms. The number of halogens is 2. The fourth-order valence-electron chi connectivity index (χ4n) is 1.96. The third-order valence-corrected chi connectivity index (χ3v) is 4.79. The predicted octanol–water partition coefficient (Wildman–Crippen LogP) is 3.94. The molecule has 0 radical (unpaired) electrons. The zero-order valence-corrected chi connectivity index (χ0v) is 16.6. The Morgan fingerprint density at radius 3 is 2.69 bits per heavy atom. The summed E-state index contributed by atoms with van der Waals surface area (Å²) in [7, 11) is -4.32. The van der Waals surface area contributed by atoms with Crippen molar-refractivity contribution in [2.45, 2.75) is 11.3 Å². The van der Waals surface area contributed by atoms with Gasteiger partial charge in [0.1, 0.15) is 5.75 Å². The van der Waals surface area contributed by atoms with Crippen molar-refractivity contribution < 1.29 is 22.5 Å². The Balaban J connectivity index is 1.74. The van der Waals surface area contributed by atoms with E-state index in [1.807, 2.05) is 6.07 Å². The molecule has 0 fully saturated rings. The van der Waals surface area contributed by atoms with Crippen molar-refractivity contribution in [2.75, 3.05) is 18.5 Å². The number of benzene rings is 2. The van der Waals surface area contributed by atoms with Crippen LogP contribution in [0.2, 0.25) is 5.02 Å². The molecule has 2 aromatic rings. The second kappa shape index (κ2) is 9.22. The van der Waals surface area contributed by atoms with E-state index in [1.165, 1.54) is 18.2 Å². The molecule has 0 bridgehead atoms. The topological polar surface area (TPSA) is 105 Å². The van der Waals surface area contributed by atoms with Gasteiger partial charge in [-0.3, -0.25) is 4.55 Å². The van der Waals surface area contributed by atoms with Crippen LogP contribution in [0.3, 0.4) is 0 Å². The van der Waals surface area contributed by atoms with Crippen LogP contribution >= 0.6 is 27.5 Å². The molecule has 10 heteroatoms. The average Bonchev–Trinajstić information content (AvgIpc) is 2.56. The van der Waals surface area contributed by atoms with Gasteiger partial charge in [-0.25, -0.2) is 4.79 Å². The lowest BCUT2D eigenvalue weighted by Crippen LogP contribution is -2.30. The molecule has 0 unspecified atom stereocenters. The Kier molecular flexibility index (Phi) is 7.27. The molecular weight excluding hydrogens is 448 g/mol. The standard InChI is InChI=1S/C16H16BrClN2O5S/c17-11-5-6-15(14(18)9-11)25-8-2-7-19-16(21)20-12-3-1-4-13(10-12)26(22,23)24/h1,3-6,9-10H,2,7-8H2,(H2,19,20,21)(H,22,23,24). The summed E-state index contributed by atoms with van der Waals surface area (Å²) in [5.74, 6) is 0.557.